The van der Waals surface area contributed by atoms with Crippen LogP contribution < -0.4 is 0 Å². The van der Waals surface area contributed by atoms with E-state index in [0.717, 1.165) is 16.7 Å². The maximum atomic E-state index is 9.51. The lowest BCUT2D eigenvalue weighted by atomic mass is 10.1. The molecule has 0 aliphatic heterocycles. The first-order chi connectivity index (χ1) is 9.24. The van der Waals surface area contributed by atoms with E-state index in [0.29, 0.717) is 11.7 Å². The first-order valence-electron chi connectivity index (χ1n) is 5.93. The van der Waals surface area contributed by atoms with E-state index >= 15 is 0 Å². The van der Waals surface area contributed by atoms with Gasteiger partial charge in [0.05, 0.1) is 0 Å². The molecule has 94 valence electrons. The van der Waals surface area contributed by atoms with E-state index in [4.69, 9.17) is 4.52 Å². The van der Waals surface area contributed by atoms with Crippen molar-refractivity contribution in [1.82, 2.24) is 10.1 Å². The molecule has 0 radical (unpaired) electrons. The second-order valence-corrected chi connectivity index (χ2v) is 4.29. The minimum Gasteiger partial charge on any atom is -0.508 e. The number of aromatic hydroxyl groups is 1. The fraction of sp³-hybridized carbons (Fsp3) is 0.0667. The fourth-order valence-corrected chi connectivity index (χ4v) is 1.83. The molecule has 3 aromatic rings. The molecule has 0 atom stereocenters. The molecule has 0 aliphatic rings. The van der Waals surface area contributed by atoms with E-state index in [1.807, 2.05) is 43.3 Å². The SMILES string of the molecule is Cc1cc(-c2nc(-c3ccccc3)no2)ccc1O. The Balaban J connectivity index is 1.99. The zero-order chi connectivity index (χ0) is 13.2. The van der Waals surface area contributed by atoms with Gasteiger partial charge in [0.15, 0.2) is 0 Å². The van der Waals surface area contributed by atoms with Gasteiger partial charge < -0.3 is 9.63 Å². The normalized spacial score (nSPS) is 10.6. The van der Waals surface area contributed by atoms with E-state index in [-0.39, 0.29) is 5.75 Å². The van der Waals surface area contributed by atoms with Gasteiger partial charge in [-0.2, -0.15) is 4.98 Å². The lowest BCUT2D eigenvalue weighted by Gasteiger charge is -1.99. The van der Waals surface area contributed by atoms with Crippen molar-refractivity contribution in [3.05, 3.63) is 54.1 Å². The molecule has 0 unspecified atom stereocenters. The zero-order valence-electron chi connectivity index (χ0n) is 10.4. The van der Waals surface area contributed by atoms with Crippen LogP contribution >= 0.6 is 0 Å². The van der Waals surface area contributed by atoms with Gasteiger partial charge in [0, 0.05) is 11.1 Å². The van der Waals surface area contributed by atoms with Crippen LogP contribution in [0.3, 0.4) is 0 Å². The predicted octanol–water partition coefficient (Wildman–Crippen LogP) is 3.42. The molecular formula is C15H12N2O2. The van der Waals surface area contributed by atoms with E-state index < -0.39 is 0 Å². The van der Waals surface area contributed by atoms with Crippen LogP contribution in [0.5, 0.6) is 5.75 Å². The highest BCUT2D eigenvalue weighted by molar-refractivity contribution is 5.61. The third-order valence-corrected chi connectivity index (χ3v) is 2.90. The molecule has 2 aromatic carbocycles. The summed E-state index contributed by atoms with van der Waals surface area (Å²) in [5.74, 6) is 1.26. The van der Waals surface area contributed by atoms with E-state index in [1.54, 1.807) is 12.1 Å². The molecule has 19 heavy (non-hydrogen) atoms. The molecule has 1 heterocycles. The van der Waals surface area contributed by atoms with Crippen molar-refractivity contribution in [2.24, 2.45) is 0 Å². The molecule has 0 bridgehead atoms. The van der Waals surface area contributed by atoms with Crippen LogP contribution in [0.25, 0.3) is 22.8 Å². The Bertz CT molecular complexity index is 705. The van der Waals surface area contributed by atoms with Crippen LogP contribution in [0.4, 0.5) is 0 Å². The molecule has 0 spiro atoms. The highest BCUT2D eigenvalue weighted by Gasteiger charge is 2.11. The van der Waals surface area contributed by atoms with Crippen molar-refractivity contribution >= 4 is 0 Å². The lowest BCUT2D eigenvalue weighted by molar-refractivity contribution is 0.432. The fourth-order valence-electron chi connectivity index (χ4n) is 1.83. The average Bonchev–Trinajstić information content (AvgIpc) is 2.93. The molecular weight excluding hydrogens is 240 g/mol. The number of hydrogen-bond acceptors (Lipinski definition) is 4. The summed E-state index contributed by atoms with van der Waals surface area (Å²) in [6, 6.07) is 14.8. The predicted molar refractivity (Wildman–Crippen MR) is 71.6 cm³/mol. The molecule has 0 saturated carbocycles. The summed E-state index contributed by atoms with van der Waals surface area (Å²) in [6.45, 7) is 1.83. The number of nitrogens with zero attached hydrogens (tertiary/aromatic N) is 2. The van der Waals surface area contributed by atoms with Gasteiger partial charge in [0.2, 0.25) is 5.82 Å². The van der Waals surface area contributed by atoms with Crippen LogP contribution in [0, 0.1) is 6.92 Å². The Kier molecular flexibility index (Phi) is 2.76. The molecule has 3 rings (SSSR count). The number of rotatable bonds is 2. The molecule has 0 saturated heterocycles. The number of phenols is 1. The standard InChI is InChI=1S/C15H12N2O2/c1-10-9-12(7-8-13(10)18)15-16-14(17-19-15)11-5-3-2-4-6-11/h2-9,18H,1H3. The number of benzene rings is 2. The Morgan fingerprint density at radius 2 is 1.79 bits per heavy atom. The first kappa shape index (κ1) is 11.5. The lowest BCUT2D eigenvalue weighted by Crippen LogP contribution is -1.82. The van der Waals surface area contributed by atoms with Crippen LogP contribution in [0.15, 0.2) is 53.1 Å². The van der Waals surface area contributed by atoms with Crippen LogP contribution in [-0.4, -0.2) is 15.2 Å². The third kappa shape index (κ3) is 2.20. The van der Waals surface area contributed by atoms with Gasteiger partial charge in [0.1, 0.15) is 5.75 Å². The van der Waals surface area contributed by atoms with Crippen LogP contribution in [0.1, 0.15) is 5.56 Å². The van der Waals surface area contributed by atoms with Gasteiger partial charge in [-0.25, -0.2) is 0 Å². The van der Waals surface area contributed by atoms with Crippen molar-refractivity contribution in [1.29, 1.82) is 0 Å². The topological polar surface area (TPSA) is 59.2 Å². The average molecular weight is 252 g/mol. The van der Waals surface area contributed by atoms with Gasteiger partial charge in [-0.05, 0) is 30.7 Å². The second kappa shape index (κ2) is 4.57. The summed E-state index contributed by atoms with van der Waals surface area (Å²) in [4.78, 5) is 4.36. The van der Waals surface area contributed by atoms with Gasteiger partial charge in [-0.15, -0.1) is 0 Å². The van der Waals surface area contributed by atoms with Gasteiger partial charge in [-0.1, -0.05) is 35.5 Å². The molecule has 1 aromatic heterocycles. The van der Waals surface area contributed by atoms with Gasteiger partial charge in [0.25, 0.3) is 5.89 Å². The quantitative estimate of drug-likeness (QED) is 0.759. The Morgan fingerprint density at radius 1 is 1.00 bits per heavy atom. The minimum absolute atomic E-state index is 0.256. The Morgan fingerprint density at radius 3 is 2.53 bits per heavy atom. The number of hydrogen-bond donors (Lipinski definition) is 1. The van der Waals surface area contributed by atoms with E-state index in [2.05, 4.69) is 10.1 Å². The van der Waals surface area contributed by atoms with E-state index in [9.17, 15) is 5.11 Å². The number of aromatic nitrogens is 2. The van der Waals surface area contributed by atoms with Crippen molar-refractivity contribution in [3.8, 4) is 28.6 Å². The summed E-state index contributed by atoms with van der Waals surface area (Å²) in [7, 11) is 0. The molecule has 1 N–H and O–H groups in total. The molecule has 4 nitrogen and oxygen atoms in total. The largest absolute Gasteiger partial charge is 0.508 e. The van der Waals surface area contributed by atoms with Crippen molar-refractivity contribution in [3.63, 3.8) is 0 Å². The van der Waals surface area contributed by atoms with Crippen molar-refractivity contribution in [2.75, 3.05) is 0 Å². The summed E-state index contributed by atoms with van der Waals surface area (Å²) < 4.78 is 5.26. The second-order valence-electron chi connectivity index (χ2n) is 4.29. The Hall–Kier alpha value is -2.62. The summed E-state index contributed by atoms with van der Waals surface area (Å²) >= 11 is 0. The zero-order valence-corrected chi connectivity index (χ0v) is 10.4. The summed E-state index contributed by atoms with van der Waals surface area (Å²) in [6.07, 6.45) is 0. The van der Waals surface area contributed by atoms with Crippen LogP contribution in [0.2, 0.25) is 0 Å². The van der Waals surface area contributed by atoms with Gasteiger partial charge >= 0.3 is 0 Å². The molecule has 4 heteroatoms. The molecule has 0 fully saturated rings. The smallest absolute Gasteiger partial charge is 0.258 e. The van der Waals surface area contributed by atoms with Crippen molar-refractivity contribution < 1.29 is 9.63 Å². The first-order valence-corrected chi connectivity index (χ1v) is 5.93. The Labute approximate surface area is 110 Å². The third-order valence-electron chi connectivity index (χ3n) is 2.90. The monoisotopic (exact) mass is 252 g/mol. The van der Waals surface area contributed by atoms with Gasteiger partial charge in [-0.3, -0.25) is 0 Å². The highest BCUT2D eigenvalue weighted by atomic mass is 16.5. The van der Waals surface area contributed by atoms with E-state index in [1.165, 1.54) is 0 Å². The minimum atomic E-state index is 0.256. The summed E-state index contributed by atoms with van der Waals surface area (Å²) in [5, 5.41) is 13.5. The number of aryl methyl sites for hydroxylation is 1. The maximum Gasteiger partial charge on any atom is 0.258 e. The highest BCUT2D eigenvalue weighted by Crippen LogP contribution is 2.26. The summed E-state index contributed by atoms with van der Waals surface area (Å²) in [5.41, 5.74) is 2.48. The molecule has 0 aliphatic carbocycles. The van der Waals surface area contributed by atoms with Crippen LogP contribution in [-0.2, 0) is 0 Å². The number of phenolic OH excluding ortho intramolecular Hbond substituents is 1. The van der Waals surface area contributed by atoms with Crippen molar-refractivity contribution in [2.45, 2.75) is 6.92 Å². The molecule has 0 amide bonds. The maximum absolute atomic E-state index is 9.51.